The normalized spacial score (nSPS) is 17.0. The third-order valence-corrected chi connectivity index (χ3v) is 5.50. The highest BCUT2D eigenvalue weighted by Crippen LogP contribution is 2.47. The van der Waals surface area contributed by atoms with Crippen molar-refractivity contribution in [2.45, 2.75) is 37.5 Å². The number of pyridine rings is 1. The van der Waals surface area contributed by atoms with Crippen molar-refractivity contribution in [3.63, 3.8) is 0 Å². The van der Waals surface area contributed by atoms with Gasteiger partial charge < -0.3 is 0 Å². The molecule has 0 saturated heterocycles. The Morgan fingerprint density at radius 1 is 1.04 bits per heavy atom. The first kappa shape index (κ1) is 16.0. The van der Waals surface area contributed by atoms with Gasteiger partial charge in [0.05, 0.1) is 27.5 Å². The molecule has 3 heterocycles. The monoisotopic (exact) mass is 389 g/mol. The maximum absolute atomic E-state index is 12.8. The van der Waals surface area contributed by atoms with Crippen LogP contribution in [0.1, 0.15) is 48.9 Å². The third kappa shape index (κ3) is 2.46. The van der Waals surface area contributed by atoms with E-state index in [4.69, 9.17) is 23.2 Å². The summed E-state index contributed by atoms with van der Waals surface area (Å²) < 4.78 is 1.39. The SMILES string of the molecule is O=c1[nH]c(=O)n(-c2c(C3CC3)ncnc2C2CC2)c2nc(Cl)c(Cl)cc12. The average molecular weight is 390 g/mol. The molecular formula is C17H13Cl2N5O2. The molecular weight excluding hydrogens is 377 g/mol. The van der Waals surface area contributed by atoms with Gasteiger partial charge in [-0.2, -0.15) is 0 Å². The van der Waals surface area contributed by atoms with E-state index in [0.717, 1.165) is 37.1 Å². The Labute approximate surface area is 157 Å². The van der Waals surface area contributed by atoms with Crippen LogP contribution in [0.3, 0.4) is 0 Å². The van der Waals surface area contributed by atoms with Gasteiger partial charge in [-0.25, -0.2) is 24.3 Å². The summed E-state index contributed by atoms with van der Waals surface area (Å²) in [6.45, 7) is 0. The molecule has 5 rings (SSSR count). The Kier molecular flexibility index (Phi) is 3.45. The lowest BCUT2D eigenvalue weighted by atomic mass is 10.1. The Bertz CT molecular complexity index is 1150. The van der Waals surface area contributed by atoms with E-state index in [1.165, 1.54) is 10.6 Å². The Balaban J connectivity index is 1.93. The fraction of sp³-hybridized carbons (Fsp3) is 0.353. The molecule has 2 fully saturated rings. The van der Waals surface area contributed by atoms with Crippen LogP contribution in [0.5, 0.6) is 0 Å². The van der Waals surface area contributed by atoms with Crippen molar-refractivity contribution in [1.82, 2.24) is 24.5 Å². The van der Waals surface area contributed by atoms with E-state index in [1.807, 2.05) is 0 Å². The molecule has 0 bridgehead atoms. The van der Waals surface area contributed by atoms with Gasteiger partial charge in [-0.3, -0.25) is 9.78 Å². The smallest absolute Gasteiger partial charge is 0.273 e. The summed E-state index contributed by atoms with van der Waals surface area (Å²) in [7, 11) is 0. The van der Waals surface area contributed by atoms with Crippen LogP contribution < -0.4 is 11.2 Å². The van der Waals surface area contributed by atoms with Crippen molar-refractivity contribution in [2.24, 2.45) is 0 Å². The molecule has 3 aromatic rings. The Hall–Kier alpha value is -2.25. The van der Waals surface area contributed by atoms with Crippen LogP contribution in [0.25, 0.3) is 16.7 Å². The number of hydrogen-bond acceptors (Lipinski definition) is 5. The quantitative estimate of drug-likeness (QED) is 0.694. The minimum absolute atomic E-state index is 0.0377. The first-order valence-electron chi connectivity index (χ1n) is 8.41. The van der Waals surface area contributed by atoms with Crippen molar-refractivity contribution in [1.29, 1.82) is 0 Å². The zero-order valence-corrected chi connectivity index (χ0v) is 15.0. The second-order valence-corrected chi connectivity index (χ2v) is 7.53. The van der Waals surface area contributed by atoms with Gasteiger partial charge in [0.1, 0.15) is 11.5 Å². The molecule has 0 aliphatic heterocycles. The van der Waals surface area contributed by atoms with Crippen LogP contribution in [0.2, 0.25) is 10.2 Å². The molecule has 2 aliphatic rings. The van der Waals surface area contributed by atoms with E-state index in [1.54, 1.807) is 6.33 Å². The van der Waals surface area contributed by atoms with Gasteiger partial charge in [-0.1, -0.05) is 23.2 Å². The standard InChI is InChI=1S/C17H13Cl2N5O2/c18-10-5-9-15(22-14(10)19)24(17(26)23-16(9)25)13-11(7-1-2-7)20-6-21-12(13)8-3-4-8/h5-8H,1-4H2,(H,23,25,26). The molecule has 0 radical (unpaired) electrons. The molecule has 0 amide bonds. The summed E-state index contributed by atoms with van der Waals surface area (Å²) in [5, 5.41) is 0.395. The maximum Gasteiger partial charge on any atom is 0.334 e. The number of rotatable bonds is 3. The Morgan fingerprint density at radius 2 is 1.65 bits per heavy atom. The van der Waals surface area contributed by atoms with E-state index in [9.17, 15) is 9.59 Å². The summed E-state index contributed by atoms with van der Waals surface area (Å²) in [6.07, 6.45) is 5.63. The minimum atomic E-state index is -0.577. The van der Waals surface area contributed by atoms with Crippen LogP contribution >= 0.6 is 23.2 Å². The number of nitrogens with zero attached hydrogens (tertiary/aromatic N) is 4. The molecule has 0 spiro atoms. The van der Waals surface area contributed by atoms with E-state index in [2.05, 4.69) is 19.9 Å². The highest BCUT2D eigenvalue weighted by atomic mass is 35.5. The number of hydrogen-bond donors (Lipinski definition) is 1. The molecule has 1 N–H and O–H groups in total. The highest BCUT2D eigenvalue weighted by Gasteiger charge is 2.36. The van der Waals surface area contributed by atoms with Crippen LogP contribution in [0.15, 0.2) is 22.0 Å². The molecule has 132 valence electrons. The molecule has 0 atom stereocenters. The number of fused-ring (bicyclic) bond motifs is 1. The lowest BCUT2D eigenvalue weighted by molar-refractivity contribution is 0.830. The summed E-state index contributed by atoms with van der Waals surface area (Å²) >= 11 is 12.1. The summed E-state index contributed by atoms with van der Waals surface area (Å²) in [4.78, 5) is 40.5. The molecule has 0 unspecified atom stereocenters. The second-order valence-electron chi connectivity index (χ2n) is 6.77. The number of H-pyrrole nitrogens is 1. The van der Waals surface area contributed by atoms with Gasteiger partial charge in [-0.15, -0.1) is 0 Å². The molecule has 2 aliphatic carbocycles. The van der Waals surface area contributed by atoms with Gasteiger partial charge >= 0.3 is 5.69 Å². The molecule has 7 nitrogen and oxygen atoms in total. The molecule has 9 heteroatoms. The van der Waals surface area contributed by atoms with Crippen molar-refractivity contribution in [3.05, 3.63) is 54.8 Å². The van der Waals surface area contributed by atoms with Gasteiger partial charge in [0.25, 0.3) is 5.56 Å². The van der Waals surface area contributed by atoms with Crippen molar-refractivity contribution < 1.29 is 0 Å². The summed E-state index contributed by atoms with van der Waals surface area (Å²) in [5.41, 5.74) is 1.33. The molecule has 26 heavy (non-hydrogen) atoms. The number of aromatic amines is 1. The lowest BCUT2D eigenvalue weighted by Crippen LogP contribution is -2.31. The highest BCUT2D eigenvalue weighted by molar-refractivity contribution is 6.41. The average Bonchev–Trinajstić information content (AvgIpc) is 3.49. The summed E-state index contributed by atoms with van der Waals surface area (Å²) in [6, 6.07) is 1.43. The first-order valence-corrected chi connectivity index (χ1v) is 9.16. The minimum Gasteiger partial charge on any atom is -0.273 e. The zero-order chi connectivity index (χ0) is 18.0. The van der Waals surface area contributed by atoms with Crippen molar-refractivity contribution in [2.75, 3.05) is 0 Å². The van der Waals surface area contributed by atoms with E-state index in [0.29, 0.717) is 17.5 Å². The van der Waals surface area contributed by atoms with Gasteiger partial charge in [0, 0.05) is 11.8 Å². The topological polar surface area (TPSA) is 93.5 Å². The van der Waals surface area contributed by atoms with Crippen LogP contribution in [-0.4, -0.2) is 24.5 Å². The second kappa shape index (κ2) is 5.62. The van der Waals surface area contributed by atoms with Gasteiger partial charge in [0.15, 0.2) is 5.65 Å². The third-order valence-electron chi connectivity index (χ3n) is 4.82. The lowest BCUT2D eigenvalue weighted by Gasteiger charge is -2.16. The van der Waals surface area contributed by atoms with E-state index in [-0.39, 0.29) is 21.2 Å². The fourth-order valence-corrected chi connectivity index (χ4v) is 3.55. The van der Waals surface area contributed by atoms with Crippen LogP contribution in [0, 0.1) is 0 Å². The largest absolute Gasteiger partial charge is 0.334 e. The van der Waals surface area contributed by atoms with Crippen molar-refractivity contribution >= 4 is 34.2 Å². The number of nitrogens with one attached hydrogen (secondary N) is 1. The summed E-state index contributed by atoms with van der Waals surface area (Å²) in [5.74, 6) is 0.587. The number of aromatic nitrogens is 5. The predicted octanol–water partition coefficient (Wildman–Crippen LogP) is 2.93. The van der Waals surface area contributed by atoms with Crippen LogP contribution in [-0.2, 0) is 0 Å². The van der Waals surface area contributed by atoms with E-state index < -0.39 is 11.2 Å². The Morgan fingerprint density at radius 3 is 2.23 bits per heavy atom. The number of halogens is 2. The molecule has 3 aromatic heterocycles. The molecule has 2 saturated carbocycles. The fourth-order valence-electron chi connectivity index (χ4n) is 3.27. The maximum atomic E-state index is 12.8. The van der Waals surface area contributed by atoms with Gasteiger partial charge in [0.2, 0.25) is 0 Å². The van der Waals surface area contributed by atoms with Crippen molar-refractivity contribution in [3.8, 4) is 5.69 Å². The first-order chi connectivity index (χ1) is 12.5. The van der Waals surface area contributed by atoms with E-state index >= 15 is 0 Å². The van der Waals surface area contributed by atoms with Gasteiger partial charge in [-0.05, 0) is 31.7 Å². The molecule has 0 aromatic carbocycles. The zero-order valence-electron chi connectivity index (χ0n) is 13.5. The van der Waals surface area contributed by atoms with Crippen LogP contribution in [0.4, 0.5) is 0 Å². The predicted molar refractivity (Wildman–Crippen MR) is 97.5 cm³/mol.